The lowest BCUT2D eigenvalue weighted by Gasteiger charge is -2.10. The van der Waals surface area contributed by atoms with E-state index in [0.717, 1.165) is 16.6 Å². The van der Waals surface area contributed by atoms with Crippen LogP contribution in [0.4, 0.5) is 4.39 Å². The molecule has 0 spiro atoms. The highest BCUT2D eigenvalue weighted by molar-refractivity contribution is 9.10. The fraction of sp³-hybridized carbons (Fsp3) is 0. The largest absolute Gasteiger partial charge is 0.478 e. The third kappa shape index (κ3) is 3.24. The van der Waals surface area contributed by atoms with E-state index in [1.165, 1.54) is 6.07 Å². The number of rotatable bonds is 3. The van der Waals surface area contributed by atoms with Gasteiger partial charge in [-0.15, -0.1) is 0 Å². The molecular formula is C13H7BrClFO3. The SMILES string of the molecule is O=C(O)c1cc(F)ccc1Oc1cc(Br)ccc1Cl. The van der Waals surface area contributed by atoms with Gasteiger partial charge >= 0.3 is 5.97 Å². The Balaban J connectivity index is 2.43. The number of hydrogen-bond donors (Lipinski definition) is 1. The number of carbonyl (C=O) groups is 1. The van der Waals surface area contributed by atoms with E-state index < -0.39 is 11.8 Å². The minimum Gasteiger partial charge on any atom is -0.478 e. The normalized spacial score (nSPS) is 10.3. The van der Waals surface area contributed by atoms with Crippen molar-refractivity contribution in [2.24, 2.45) is 0 Å². The third-order valence-electron chi connectivity index (χ3n) is 2.29. The Morgan fingerprint density at radius 3 is 2.63 bits per heavy atom. The van der Waals surface area contributed by atoms with Crippen molar-refractivity contribution in [3.8, 4) is 11.5 Å². The van der Waals surface area contributed by atoms with E-state index in [9.17, 15) is 9.18 Å². The second kappa shape index (κ2) is 5.59. The fourth-order valence-electron chi connectivity index (χ4n) is 1.43. The molecule has 0 aliphatic rings. The van der Waals surface area contributed by atoms with Gasteiger partial charge in [-0.2, -0.15) is 0 Å². The van der Waals surface area contributed by atoms with Crippen molar-refractivity contribution in [2.45, 2.75) is 0 Å². The first kappa shape index (κ1) is 13.8. The summed E-state index contributed by atoms with van der Waals surface area (Å²) in [6.45, 7) is 0. The van der Waals surface area contributed by atoms with Crippen LogP contribution in [-0.2, 0) is 0 Å². The minimum absolute atomic E-state index is 0.0221. The highest BCUT2D eigenvalue weighted by Gasteiger charge is 2.14. The maximum Gasteiger partial charge on any atom is 0.339 e. The Kier molecular flexibility index (Phi) is 4.07. The highest BCUT2D eigenvalue weighted by Crippen LogP contribution is 2.33. The molecule has 0 amide bonds. The van der Waals surface area contributed by atoms with Gasteiger partial charge in [0.05, 0.1) is 5.02 Å². The van der Waals surface area contributed by atoms with Crippen LogP contribution >= 0.6 is 27.5 Å². The van der Waals surface area contributed by atoms with E-state index in [0.29, 0.717) is 5.02 Å². The van der Waals surface area contributed by atoms with Crippen LogP contribution in [0, 0.1) is 5.82 Å². The first-order valence-electron chi connectivity index (χ1n) is 5.13. The highest BCUT2D eigenvalue weighted by atomic mass is 79.9. The molecule has 0 heterocycles. The molecule has 0 saturated heterocycles. The summed E-state index contributed by atoms with van der Waals surface area (Å²) < 4.78 is 19.2. The summed E-state index contributed by atoms with van der Waals surface area (Å²) in [5, 5.41) is 9.33. The van der Waals surface area contributed by atoms with Crippen molar-refractivity contribution in [2.75, 3.05) is 0 Å². The second-order valence-electron chi connectivity index (χ2n) is 3.62. The van der Waals surface area contributed by atoms with Crippen molar-refractivity contribution < 1.29 is 19.0 Å². The van der Waals surface area contributed by atoms with Crippen LogP contribution in [0.15, 0.2) is 40.9 Å². The molecule has 3 nitrogen and oxygen atoms in total. The lowest BCUT2D eigenvalue weighted by molar-refractivity contribution is 0.0693. The molecule has 0 bridgehead atoms. The van der Waals surface area contributed by atoms with Crippen molar-refractivity contribution in [3.05, 3.63) is 57.3 Å². The topological polar surface area (TPSA) is 46.5 Å². The summed E-state index contributed by atoms with van der Waals surface area (Å²) in [6, 6.07) is 8.17. The van der Waals surface area contributed by atoms with Gasteiger partial charge in [0.15, 0.2) is 0 Å². The van der Waals surface area contributed by atoms with Crippen LogP contribution in [0.25, 0.3) is 0 Å². The molecule has 0 radical (unpaired) electrons. The molecule has 0 unspecified atom stereocenters. The van der Waals surface area contributed by atoms with Crippen LogP contribution in [-0.4, -0.2) is 11.1 Å². The fourth-order valence-corrected chi connectivity index (χ4v) is 1.93. The van der Waals surface area contributed by atoms with Crippen LogP contribution in [0.2, 0.25) is 5.02 Å². The van der Waals surface area contributed by atoms with Gasteiger partial charge in [0.1, 0.15) is 22.9 Å². The lowest BCUT2D eigenvalue weighted by atomic mass is 10.2. The average Bonchev–Trinajstić information content (AvgIpc) is 2.35. The van der Waals surface area contributed by atoms with E-state index in [1.807, 2.05) is 0 Å². The van der Waals surface area contributed by atoms with Gasteiger partial charge in [0, 0.05) is 4.47 Å². The maximum atomic E-state index is 13.0. The molecule has 2 aromatic rings. The van der Waals surface area contributed by atoms with Crippen LogP contribution < -0.4 is 4.74 Å². The van der Waals surface area contributed by atoms with E-state index >= 15 is 0 Å². The van der Waals surface area contributed by atoms with Gasteiger partial charge in [-0.3, -0.25) is 0 Å². The van der Waals surface area contributed by atoms with Gasteiger partial charge in [-0.1, -0.05) is 27.5 Å². The van der Waals surface area contributed by atoms with E-state index in [2.05, 4.69) is 15.9 Å². The molecule has 1 N–H and O–H groups in total. The molecule has 98 valence electrons. The molecule has 0 aliphatic heterocycles. The third-order valence-corrected chi connectivity index (χ3v) is 3.09. The smallest absolute Gasteiger partial charge is 0.339 e. The van der Waals surface area contributed by atoms with Gasteiger partial charge in [-0.25, -0.2) is 9.18 Å². The monoisotopic (exact) mass is 344 g/mol. The van der Waals surface area contributed by atoms with Crippen molar-refractivity contribution in [1.82, 2.24) is 0 Å². The number of aromatic carboxylic acids is 1. The number of carboxylic acid groups (broad SMARTS) is 1. The first-order valence-corrected chi connectivity index (χ1v) is 6.30. The summed E-state index contributed by atoms with van der Waals surface area (Å²) in [5.74, 6) is -1.62. The van der Waals surface area contributed by atoms with E-state index in [-0.39, 0.29) is 17.1 Å². The summed E-state index contributed by atoms with van der Waals surface area (Å²) in [4.78, 5) is 11.0. The average molecular weight is 346 g/mol. The zero-order valence-corrected chi connectivity index (χ0v) is 11.7. The Labute approximate surface area is 121 Å². The second-order valence-corrected chi connectivity index (χ2v) is 4.95. The zero-order valence-electron chi connectivity index (χ0n) is 9.36. The van der Waals surface area contributed by atoms with Gasteiger partial charge in [0.25, 0.3) is 0 Å². The van der Waals surface area contributed by atoms with Crippen molar-refractivity contribution in [1.29, 1.82) is 0 Å². The van der Waals surface area contributed by atoms with E-state index in [4.69, 9.17) is 21.4 Å². The molecule has 6 heteroatoms. The van der Waals surface area contributed by atoms with Crippen LogP contribution in [0.5, 0.6) is 11.5 Å². The number of benzene rings is 2. The first-order chi connectivity index (χ1) is 8.97. The van der Waals surface area contributed by atoms with Gasteiger partial charge in [0.2, 0.25) is 0 Å². The van der Waals surface area contributed by atoms with E-state index in [1.54, 1.807) is 18.2 Å². The van der Waals surface area contributed by atoms with Gasteiger partial charge in [-0.05, 0) is 36.4 Å². The molecular weight excluding hydrogens is 338 g/mol. The van der Waals surface area contributed by atoms with Crippen LogP contribution in [0.1, 0.15) is 10.4 Å². The molecule has 2 aromatic carbocycles. The molecule has 0 saturated carbocycles. The van der Waals surface area contributed by atoms with Crippen molar-refractivity contribution >= 4 is 33.5 Å². The molecule has 19 heavy (non-hydrogen) atoms. The standard InChI is InChI=1S/C13H7BrClFO3/c14-7-1-3-10(15)12(5-7)19-11-4-2-8(16)6-9(11)13(17)18/h1-6H,(H,17,18). The van der Waals surface area contributed by atoms with Gasteiger partial charge < -0.3 is 9.84 Å². The Bertz CT molecular complexity index is 646. The summed E-state index contributed by atoms with van der Waals surface area (Å²) >= 11 is 9.20. The molecule has 2 rings (SSSR count). The Morgan fingerprint density at radius 2 is 1.95 bits per heavy atom. The van der Waals surface area contributed by atoms with Crippen LogP contribution in [0.3, 0.4) is 0 Å². The molecule has 0 aromatic heterocycles. The summed E-state index contributed by atoms with van der Waals surface area (Å²) in [6.07, 6.45) is 0. The Hall–Kier alpha value is -1.59. The molecule has 0 aliphatic carbocycles. The maximum absolute atomic E-state index is 13.0. The summed E-state index contributed by atoms with van der Waals surface area (Å²) in [5.41, 5.74) is -0.268. The number of hydrogen-bond acceptors (Lipinski definition) is 2. The lowest BCUT2D eigenvalue weighted by Crippen LogP contribution is -2.01. The number of ether oxygens (including phenoxy) is 1. The quantitative estimate of drug-likeness (QED) is 0.874. The number of carboxylic acids is 1. The zero-order chi connectivity index (χ0) is 14.0. The summed E-state index contributed by atoms with van der Waals surface area (Å²) in [7, 11) is 0. The van der Waals surface area contributed by atoms with Crippen molar-refractivity contribution in [3.63, 3.8) is 0 Å². The number of halogens is 3. The predicted octanol–water partition coefficient (Wildman–Crippen LogP) is 4.73. The Morgan fingerprint density at radius 1 is 1.21 bits per heavy atom. The minimum atomic E-state index is -1.28. The molecule has 0 atom stereocenters. The molecule has 0 fully saturated rings. The predicted molar refractivity (Wildman–Crippen MR) is 72.6 cm³/mol.